The molecule has 9 heteroatoms. The number of aryl methyl sites for hydroxylation is 2. The van der Waals surface area contributed by atoms with E-state index in [2.05, 4.69) is 11.9 Å². The molecular weight excluding hydrogens is 421 g/mol. The van der Waals surface area contributed by atoms with Crippen molar-refractivity contribution in [3.05, 3.63) is 72.0 Å². The first-order valence-electron chi connectivity index (χ1n) is 9.97. The summed E-state index contributed by atoms with van der Waals surface area (Å²) in [6.07, 6.45) is 5.37. The van der Waals surface area contributed by atoms with E-state index in [1.807, 2.05) is 17.5 Å². The number of fused-ring (bicyclic) bond motifs is 1. The number of halogens is 1. The molecule has 0 aliphatic carbocycles. The van der Waals surface area contributed by atoms with Gasteiger partial charge >= 0.3 is 0 Å². The molecule has 0 fully saturated rings. The standard InChI is InChI=1S/C22H26FN3O4S/c1-3-4-5-18-13-26-14-19(8-11-21(26)25-18)29-15-17(12-23)22(24)30-31(27,28)20-9-6-16(2)7-10-20/h6-14,22H,3-5,15,24H2,1-2H3/b17-12-. The normalized spacial score (nSPS) is 13.5. The lowest BCUT2D eigenvalue weighted by molar-refractivity contribution is 0.224. The molecule has 0 bridgehead atoms. The van der Waals surface area contributed by atoms with Crippen molar-refractivity contribution in [3.63, 3.8) is 0 Å². The number of rotatable bonds is 10. The molecule has 1 atom stereocenters. The first kappa shape index (κ1) is 22.9. The minimum atomic E-state index is -4.15. The van der Waals surface area contributed by atoms with E-state index in [4.69, 9.17) is 14.7 Å². The fraction of sp³-hybridized carbons (Fsp3) is 0.318. The number of nitrogens with two attached hydrogens (primary N) is 1. The van der Waals surface area contributed by atoms with Gasteiger partial charge in [0.05, 0.1) is 23.1 Å². The van der Waals surface area contributed by atoms with Crippen LogP contribution in [0.5, 0.6) is 5.75 Å². The van der Waals surface area contributed by atoms with Crippen molar-refractivity contribution < 1.29 is 21.7 Å². The average Bonchev–Trinajstić information content (AvgIpc) is 3.14. The molecule has 3 aromatic rings. The summed E-state index contributed by atoms with van der Waals surface area (Å²) in [5.74, 6) is 0.458. The molecule has 2 aromatic heterocycles. The van der Waals surface area contributed by atoms with E-state index in [1.165, 1.54) is 12.1 Å². The quantitative estimate of drug-likeness (QED) is 0.374. The van der Waals surface area contributed by atoms with Crippen LogP contribution in [0.15, 0.2) is 65.6 Å². The third-order valence-corrected chi connectivity index (χ3v) is 6.02. The van der Waals surface area contributed by atoms with Crippen molar-refractivity contribution in [3.8, 4) is 5.75 Å². The van der Waals surface area contributed by atoms with Gasteiger partial charge in [-0.2, -0.15) is 8.42 Å². The van der Waals surface area contributed by atoms with Crippen molar-refractivity contribution in [1.82, 2.24) is 9.38 Å². The van der Waals surface area contributed by atoms with E-state index < -0.39 is 16.3 Å². The zero-order chi connectivity index (χ0) is 22.4. The number of hydrogen-bond donors (Lipinski definition) is 1. The van der Waals surface area contributed by atoms with E-state index in [9.17, 15) is 12.8 Å². The molecule has 0 amide bonds. The molecule has 0 aliphatic rings. The van der Waals surface area contributed by atoms with Crippen molar-refractivity contribution in [2.24, 2.45) is 5.73 Å². The van der Waals surface area contributed by atoms with Gasteiger partial charge in [0.2, 0.25) is 0 Å². The monoisotopic (exact) mass is 447 g/mol. The number of aromatic nitrogens is 2. The van der Waals surface area contributed by atoms with Gasteiger partial charge in [0, 0.05) is 11.8 Å². The molecule has 1 aromatic carbocycles. The van der Waals surface area contributed by atoms with E-state index in [1.54, 1.807) is 30.5 Å². The van der Waals surface area contributed by atoms with Crippen LogP contribution in [-0.2, 0) is 20.7 Å². The Morgan fingerprint density at radius 3 is 2.65 bits per heavy atom. The van der Waals surface area contributed by atoms with Crippen LogP contribution in [0.2, 0.25) is 0 Å². The lowest BCUT2D eigenvalue weighted by Gasteiger charge is -2.16. The van der Waals surface area contributed by atoms with E-state index in [0.717, 1.165) is 36.2 Å². The Hall–Kier alpha value is -2.75. The Bertz CT molecular complexity index is 1160. The van der Waals surface area contributed by atoms with Gasteiger partial charge in [-0.3, -0.25) is 0 Å². The van der Waals surface area contributed by atoms with Crippen LogP contribution in [0.25, 0.3) is 5.65 Å². The van der Waals surface area contributed by atoms with Gasteiger partial charge in [-0.1, -0.05) is 31.0 Å². The second-order valence-electron chi connectivity index (χ2n) is 7.22. The van der Waals surface area contributed by atoms with Crippen molar-refractivity contribution in [1.29, 1.82) is 0 Å². The van der Waals surface area contributed by atoms with Crippen LogP contribution < -0.4 is 10.5 Å². The second kappa shape index (κ2) is 10.0. The predicted octanol–water partition coefficient (Wildman–Crippen LogP) is 3.91. The molecule has 1 unspecified atom stereocenters. The number of hydrogen-bond acceptors (Lipinski definition) is 6. The van der Waals surface area contributed by atoms with Crippen molar-refractivity contribution in [2.45, 2.75) is 44.2 Å². The fourth-order valence-electron chi connectivity index (χ4n) is 2.89. The van der Waals surface area contributed by atoms with E-state index >= 15 is 0 Å². The summed E-state index contributed by atoms with van der Waals surface area (Å²) in [7, 11) is -4.15. The highest BCUT2D eigenvalue weighted by atomic mass is 32.2. The Morgan fingerprint density at radius 1 is 1.23 bits per heavy atom. The third kappa shape index (κ3) is 5.90. The maximum Gasteiger partial charge on any atom is 0.298 e. The predicted molar refractivity (Wildman–Crippen MR) is 116 cm³/mol. The summed E-state index contributed by atoms with van der Waals surface area (Å²) in [6, 6.07) is 9.58. The van der Waals surface area contributed by atoms with Gasteiger partial charge in [-0.25, -0.2) is 13.6 Å². The Morgan fingerprint density at radius 2 is 1.97 bits per heavy atom. The first-order chi connectivity index (χ1) is 14.8. The van der Waals surface area contributed by atoms with Crippen LogP contribution in [-0.4, -0.2) is 30.6 Å². The average molecular weight is 448 g/mol. The molecule has 166 valence electrons. The summed E-state index contributed by atoms with van der Waals surface area (Å²) in [5.41, 5.74) is 8.30. The molecule has 31 heavy (non-hydrogen) atoms. The fourth-order valence-corrected chi connectivity index (χ4v) is 3.87. The topological polar surface area (TPSA) is 95.9 Å². The molecule has 0 saturated carbocycles. The number of nitrogens with zero attached hydrogens (tertiary/aromatic N) is 2. The highest BCUT2D eigenvalue weighted by Gasteiger charge is 2.22. The summed E-state index contributed by atoms with van der Waals surface area (Å²) < 4.78 is 50.5. The van der Waals surface area contributed by atoms with Crippen LogP contribution >= 0.6 is 0 Å². The van der Waals surface area contributed by atoms with Gasteiger partial charge in [0.1, 0.15) is 18.0 Å². The van der Waals surface area contributed by atoms with E-state index in [-0.39, 0.29) is 23.4 Å². The molecule has 0 saturated heterocycles. The van der Waals surface area contributed by atoms with Gasteiger partial charge < -0.3 is 14.9 Å². The Balaban J connectivity index is 1.64. The smallest absolute Gasteiger partial charge is 0.298 e. The zero-order valence-corrected chi connectivity index (χ0v) is 18.3. The van der Waals surface area contributed by atoms with Gasteiger partial charge in [0.25, 0.3) is 10.1 Å². The van der Waals surface area contributed by atoms with Crippen molar-refractivity contribution >= 4 is 15.8 Å². The summed E-state index contributed by atoms with van der Waals surface area (Å²) >= 11 is 0. The minimum Gasteiger partial charge on any atom is -0.487 e. The maximum atomic E-state index is 13.4. The van der Waals surface area contributed by atoms with Gasteiger partial charge in [-0.05, 0) is 44.0 Å². The minimum absolute atomic E-state index is 0.0582. The SMILES string of the molecule is CCCCc1cn2cc(OC/C(=C/F)C(N)OS(=O)(=O)c3ccc(C)cc3)ccc2n1. The summed E-state index contributed by atoms with van der Waals surface area (Å²) in [6.45, 7) is 3.68. The Kier molecular flexibility index (Phi) is 7.42. The third-order valence-electron chi connectivity index (χ3n) is 4.71. The Labute approximate surface area is 181 Å². The van der Waals surface area contributed by atoms with Crippen LogP contribution in [0.1, 0.15) is 31.0 Å². The number of benzene rings is 1. The first-order valence-corrected chi connectivity index (χ1v) is 11.4. The van der Waals surface area contributed by atoms with Gasteiger partial charge in [0.15, 0.2) is 6.23 Å². The number of unbranched alkanes of at least 4 members (excludes halogenated alkanes) is 1. The molecule has 2 N–H and O–H groups in total. The maximum absolute atomic E-state index is 13.4. The number of imidazole rings is 1. The highest BCUT2D eigenvalue weighted by Crippen LogP contribution is 2.19. The van der Waals surface area contributed by atoms with Gasteiger partial charge in [-0.15, -0.1) is 0 Å². The molecule has 0 radical (unpaired) electrons. The number of pyridine rings is 1. The molecule has 7 nitrogen and oxygen atoms in total. The largest absolute Gasteiger partial charge is 0.487 e. The van der Waals surface area contributed by atoms with E-state index in [0.29, 0.717) is 5.75 Å². The molecule has 3 rings (SSSR count). The van der Waals surface area contributed by atoms with Crippen LogP contribution in [0, 0.1) is 6.92 Å². The van der Waals surface area contributed by atoms with Crippen LogP contribution in [0.4, 0.5) is 4.39 Å². The molecule has 0 spiro atoms. The molecule has 0 aliphatic heterocycles. The number of ether oxygens (including phenoxy) is 1. The summed E-state index contributed by atoms with van der Waals surface area (Å²) in [4.78, 5) is 4.48. The molecule has 2 heterocycles. The lowest BCUT2D eigenvalue weighted by Crippen LogP contribution is -2.31. The highest BCUT2D eigenvalue weighted by molar-refractivity contribution is 7.86. The molecular formula is C22H26FN3O4S. The van der Waals surface area contributed by atoms with Crippen LogP contribution in [0.3, 0.4) is 0 Å². The second-order valence-corrected chi connectivity index (χ2v) is 8.79. The summed E-state index contributed by atoms with van der Waals surface area (Å²) in [5, 5.41) is 0. The van der Waals surface area contributed by atoms with Crippen molar-refractivity contribution in [2.75, 3.05) is 6.61 Å². The zero-order valence-electron chi connectivity index (χ0n) is 17.5. The lowest BCUT2D eigenvalue weighted by atomic mass is 10.2.